The van der Waals surface area contributed by atoms with Crippen molar-refractivity contribution in [2.45, 2.75) is 76.0 Å². The van der Waals surface area contributed by atoms with E-state index in [0.717, 1.165) is 50.7 Å². The minimum atomic E-state index is -0.557. The first-order valence-electron chi connectivity index (χ1n) is 9.54. The van der Waals surface area contributed by atoms with Crippen molar-refractivity contribution < 1.29 is 9.13 Å². The zero-order chi connectivity index (χ0) is 15.6. The van der Waals surface area contributed by atoms with Crippen LogP contribution in [-0.4, -0.2) is 43.9 Å². The lowest BCUT2D eigenvalue weighted by atomic mass is 9.63. The van der Waals surface area contributed by atoms with Gasteiger partial charge in [-0.25, -0.2) is 4.39 Å². The lowest BCUT2D eigenvalue weighted by Gasteiger charge is -2.46. The summed E-state index contributed by atoms with van der Waals surface area (Å²) in [6, 6.07) is 0. The number of hydrogen-bond donors (Lipinski definition) is 0. The molecular formula is C19H34FNO. The van der Waals surface area contributed by atoms with E-state index in [9.17, 15) is 4.39 Å². The highest BCUT2D eigenvalue weighted by Crippen LogP contribution is 2.54. The summed E-state index contributed by atoms with van der Waals surface area (Å²) < 4.78 is 20.2. The molecule has 0 aromatic rings. The summed E-state index contributed by atoms with van der Waals surface area (Å²) in [7, 11) is 4.31. The van der Waals surface area contributed by atoms with E-state index in [1.165, 1.54) is 38.5 Å². The summed E-state index contributed by atoms with van der Waals surface area (Å²) in [6.45, 7) is 2.11. The maximum absolute atomic E-state index is 13.6. The van der Waals surface area contributed by atoms with E-state index >= 15 is 0 Å². The van der Waals surface area contributed by atoms with E-state index in [-0.39, 0.29) is 5.60 Å². The van der Waals surface area contributed by atoms with Crippen LogP contribution in [0.15, 0.2) is 0 Å². The van der Waals surface area contributed by atoms with Crippen LogP contribution in [0.1, 0.15) is 64.2 Å². The highest BCUT2D eigenvalue weighted by molar-refractivity contribution is 5.03. The van der Waals surface area contributed by atoms with E-state index in [4.69, 9.17) is 4.74 Å². The number of alkyl halides is 1. The van der Waals surface area contributed by atoms with Crippen LogP contribution in [0.5, 0.6) is 0 Å². The summed E-state index contributed by atoms with van der Waals surface area (Å²) in [6.07, 6.45) is 10.9. The van der Waals surface area contributed by atoms with Gasteiger partial charge in [-0.2, -0.15) is 0 Å². The molecule has 2 nitrogen and oxygen atoms in total. The van der Waals surface area contributed by atoms with Crippen molar-refractivity contribution in [1.82, 2.24) is 4.90 Å². The summed E-state index contributed by atoms with van der Waals surface area (Å²) in [5.74, 6) is 2.15. The molecule has 3 rings (SSSR count). The largest absolute Gasteiger partial charge is 0.374 e. The molecule has 0 aromatic carbocycles. The van der Waals surface area contributed by atoms with E-state index in [0.29, 0.717) is 5.92 Å². The van der Waals surface area contributed by atoms with Gasteiger partial charge in [0, 0.05) is 0 Å². The van der Waals surface area contributed by atoms with Gasteiger partial charge in [0.15, 0.2) is 0 Å². The molecule has 2 saturated carbocycles. The van der Waals surface area contributed by atoms with Gasteiger partial charge in [0.05, 0.1) is 12.2 Å². The Balaban J connectivity index is 1.73. The molecule has 1 aliphatic heterocycles. The molecule has 0 bridgehead atoms. The summed E-state index contributed by atoms with van der Waals surface area (Å²) >= 11 is 0. The van der Waals surface area contributed by atoms with Gasteiger partial charge in [-0.15, -0.1) is 0 Å². The van der Waals surface area contributed by atoms with Gasteiger partial charge in [-0.05, 0) is 89.8 Å². The monoisotopic (exact) mass is 311 g/mol. The van der Waals surface area contributed by atoms with Gasteiger partial charge < -0.3 is 9.64 Å². The van der Waals surface area contributed by atoms with Crippen molar-refractivity contribution in [2.24, 2.45) is 17.8 Å². The van der Waals surface area contributed by atoms with E-state index in [1.54, 1.807) is 0 Å². The van der Waals surface area contributed by atoms with E-state index < -0.39 is 6.17 Å². The molecule has 0 radical (unpaired) electrons. The molecule has 3 heteroatoms. The molecule has 0 aromatic heterocycles. The molecule has 0 amide bonds. The lowest BCUT2D eigenvalue weighted by Crippen LogP contribution is -2.47. The zero-order valence-corrected chi connectivity index (χ0v) is 14.5. The van der Waals surface area contributed by atoms with Gasteiger partial charge in [-0.3, -0.25) is 0 Å². The highest BCUT2D eigenvalue weighted by atomic mass is 19.1. The topological polar surface area (TPSA) is 12.5 Å². The number of ether oxygens (including phenoxy) is 1. The number of fused-ring (bicyclic) bond motifs is 1. The van der Waals surface area contributed by atoms with E-state index in [1.807, 2.05) is 0 Å². The van der Waals surface area contributed by atoms with Crippen LogP contribution in [0.2, 0.25) is 0 Å². The second kappa shape index (κ2) is 7.17. The fraction of sp³-hybridized carbons (Fsp3) is 1.00. The van der Waals surface area contributed by atoms with Gasteiger partial charge in [0.25, 0.3) is 0 Å². The third-order valence-electron chi connectivity index (χ3n) is 6.62. The highest BCUT2D eigenvalue weighted by Gasteiger charge is 2.54. The minimum absolute atomic E-state index is 0.0846. The van der Waals surface area contributed by atoms with Gasteiger partial charge in [-0.1, -0.05) is 12.8 Å². The average Bonchev–Trinajstić information content (AvgIpc) is 2.88. The van der Waals surface area contributed by atoms with Crippen LogP contribution in [0.3, 0.4) is 0 Å². The second-order valence-electron chi connectivity index (χ2n) is 8.27. The molecular weight excluding hydrogens is 277 g/mol. The standard InChI is InChI=1S/C19H34FNO/c1-21(2)13-5-12-19(16-8-10-17(20)11-9-16)18-7-4-3-6-15(18)14-22-19/h15-18H,3-14H2,1-2H3. The molecule has 3 unspecified atom stereocenters. The SMILES string of the molecule is CN(C)CCCC1(C2CCC(F)CC2)OCC2CCCCC21. The quantitative estimate of drug-likeness (QED) is 0.744. The number of hydrogen-bond acceptors (Lipinski definition) is 2. The number of rotatable bonds is 5. The van der Waals surface area contributed by atoms with Crippen molar-refractivity contribution in [3.8, 4) is 0 Å². The Hall–Kier alpha value is -0.150. The third kappa shape index (κ3) is 3.36. The molecule has 2 aliphatic carbocycles. The molecule has 3 atom stereocenters. The van der Waals surface area contributed by atoms with Crippen LogP contribution in [-0.2, 0) is 4.74 Å². The third-order valence-corrected chi connectivity index (χ3v) is 6.62. The van der Waals surface area contributed by atoms with Gasteiger partial charge >= 0.3 is 0 Å². The molecule has 3 aliphatic rings. The van der Waals surface area contributed by atoms with Crippen molar-refractivity contribution >= 4 is 0 Å². The zero-order valence-electron chi connectivity index (χ0n) is 14.5. The Morgan fingerprint density at radius 1 is 1.05 bits per heavy atom. The van der Waals surface area contributed by atoms with Crippen LogP contribution in [0.4, 0.5) is 4.39 Å². The normalized spacial score (nSPS) is 42.5. The maximum atomic E-state index is 13.6. The Morgan fingerprint density at radius 3 is 2.50 bits per heavy atom. The first kappa shape index (κ1) is 16.7. The molecule has 22 heavy (non-hydrogen) atoms. The fourth-order valence-electron chi connectivity index (χ4n) is 5.51. The minimum Gasteiger partial charge on any atom is -0.374 e. The summed E-state index contributed by atoms with van der Waals surface area (Å²) in [5.41, 5.74) is 0.0846. The summed E-state index contributed by atoms with van der Waals surface area (Å²) in [5, 5.41) is 0. The molecule has 0 spiro atoms. The van der Waals surface area contributed by atoms with Gasteiger partial charge in [0.2, 0.25) is 0 Å². The smallest absolute Gasteiger partial charge is 0.100 e. The number of nitrogens with zero attached hydrogens (tertiary/aromatic N) is 1. The van der Waals surface area contributed by atoms with Crippen molar-refractivity contribution in [3.63, 3.8) is 0 Å². The Kier molecular flexibility index (Phi) is 5.44. The molecule has 1 saturated heterocycles. The van der Waals surface area contributed by atoms with Crippen molar-refractivity contribution in [2.75, 3.05) is 27.2 Å². The Labute approximate surface area is 135 Å². The predicted octanol–water partition coefficient (Wildman–Crippen LogP) is 4.43. The molecule has 1 heterocycles. The summed E-state index contributed by atoms with van der Waals surface area (Å²) in [4.78, 5) is 2.28. The average molecular weight is 311 g/mol. The van der Waals surface area contributed by atoms with Crippen molar-refractivity contribution in [1.29, 1.82) is 0 Å². The second-order valence-corrected chi connectivity index (χ2v) is 8.27. The van der Waals surface area contributed by atoms with Crippen LogP contribution in [0, 0.1) is 17.8 Å². The van der Waals surface area contributed by atoms with Crippen molar-refractivity contribution in [3.05, 3.63) is 0 Å². The predicted molar refractivity (Wildman–Crippen MR) is 88.8 cm³/mol. The fourth-order valence-corrected chi connectivity index (χ4v) is 5.51. The van der Waals surface area contributed by atoms with Crippen LogP contribution < -0.4 is 0 Å². The van der Waals surface area contributed by atoms with E-state index in [2.05, 4.69) is 19.0 Å². The maximum Gasteiger partial charge on any atom is 0.100 e. The Morgan fingerprint density at radius 2 is 1.77 bits per heavy atom. The Bertz CT molecular complexity index is 353. The molecule has 3 fully saturated rings. The first-order valence-corrected chi connectivity index (χ1v) is 9.54. The van der Waals surface area contributed by atoms with Crippen LogP contribution in [0.25, 0.3) is 0 Å². The lowest BCUT2D eigenvalue weighted by molar-refractivity contribution is -0.0947. The number of halogens is 1. The molecule has 128 valence electrons. The molecule has 0 N–H and O–H groups in total. The van der Waals surface area contributed by atoms with Crippen LogP contribution >= 0.6 is 0 Å². The van der Waals surface area contributed by atoms with Gasteiger partial charge in [0.1, 0.15) is 6.17 Å². The first-order chi connectivity index (χ1) is 10.6.